The van der Waals surface area contributed by atoms with Crippen LogP contribution in [0.2, 0.25) is 0 Å². The van der Waals surface area contributed by atoms with Crippen LogP contribution in [0.4, 0.5) is 4.39 Å². The van der Waals surface area contributed by atoms with Crippen LogP contribution in [0.5, 0.6) is 5.75 Å². The monoisotopic (exact) mass is 557 g/mol. The normalized spacial score (nSPS) is 16.1. The standard InChI is InChI=1S/C21H18Br2FNO2S2/c1-21(2,3)25-19(26)17(29-20(25)28)10-13-8-15(22)18(16(23)9-13)27-11-12-4-6-14(24)7-5-12/h4-10H,11H2,1-3H3/b17-10+. The summed E-state index contributed by atoms with van der Waals surface area (Å²) in [6.45, 7) is 6.18. The molecular formula is C21H18Br2FNO2S2. The molecule has 152 valence electrons. The van der Waals surface area contributed by atoms with Crippen LogP contribution in [-0.2, 0) is 11.4 Å². The smallest absolute Gasteiger partial charge is 0.266 e. The Hall–Kier alpha value is -1.22. The molecule has 0 aromatic heterocycles. The third-order valence-electron chi connectivity index (χ3n) is 4.08. The molecule has 1 heterocycles. The summed E-state index contributed by atoms with van der Waals surface area (Å²) in [5, 5.41) is 0. The number of thiocarbonyl (C=S) groups is 1. The number of carbonyl (C=O) groups is 1. The zero-order chi connectivity index (χ0) is 21.3. The van der Waals surface area contributed by atoms with Crippen LogP contribution < -0.4 is 4.74 Å². The first-order valence-corrected chi connectivity index (χ1v) is 11.5. The van der Waals surface area contributed by atoms with E-state index < -0.39 is 0 Å². The second-order valence-electron chi connectivity index (χ2n) is 7.42. The highest BCUT2D eigenvalue weighted by atomic mass is 79.9. The van der Waals surface area contributed by atoms with Gasteiger partial charge in [-0.1, -0.05) is 36.1 Å². The molecule has 0 radical (unpaired) electrons. The number of rotatable bonds is 4. The maximum Gasteiger partial charge on any atom is 0.266 e. The zero-order valence-corrected chi connectivity index (χ0v) is 20.8. The van der Waals surface area contributed by atoms with Crippen molar-refractivity contribution >= 4 is 72.1 Å². The SMILES string of the molecule is CC(C)(C)N1C(=O)/C(=C\c2cc(Br)c(OCc3ccc(F)cc3)c(Br)c2)SC1=S. The largest absolute Gasteiger partial charge is 0.487 e. The molecule has 1 saturated heterocycles. The molecule has 1 aliphatic rings. The summed E-state index contributed by atoms with van der Waals surface area (Å²) in [7, 11) is 0. The molecule has 3 nitrogen and oxygen atoms in total. The van der Waals surface area contributed by atoms with E-state index in [0.29, 0.717) is 21.6 Å². The van der Waals surface area contributed by atoms with E-state index in [1.165, 1.54) is 23.9 Å². The summed E-state index contributed by atoms with van der Waals surface area (Å²) in [6, 6.07) is 9.94. The van der Waals surface area contributed by atoms with Gasteiger partial charge in [0, 0.05) is 5.54 Å². The maximum absolute atomic E-state index is 13.0. The van der Waals surface area contributed by atoms with Gasteiger partial charge in [-0.05, 0) is 94.1 Å². The minimum absolute atomic E-state index is 0.0867. The molecule has 8 heteroatoms. The van der Waals surface area contributed by atoms with Gasteiger partial charge in [0.05, 0.1) is 13.9 Å². The van der Waals surface area contributed by atoms with Crippen LogP contribution >= 0.6 is 55.8 Å². The zero-order valence-electron chi connectivity index (χ0n) is 16.0. The third kappa shape index (κ3) is 5.29. The van der Waals surface area contributed by atoms with Crippen molar-refractivity contribution in [2.75, 3.05) is 0 Å². The van der Waals surface area contributed by atoms with Gasteiger partial charge >= 0.3 is 0 Å². The molecule has 1 aliphatic heterocycles. The molecule has 3 rings (SSSR count). The van der Waals surface area contributed by atoms with E-state index in [1.807, 2.05) is 39.0 Å². The first-order valence-electron chi connectivity index (χ1n) is 8.70. The van der Waals surface area contributed by atoms with Gasteiger partial charge in [0.1, 0.15) is 22.5 Å². The average Bonchev–Trinajstić information content (AvgIpc) is 2.89. The molecular weight excluding hydrogens is 541 g/mol. The molecule has 0 aliphatic carbocycles. The van der Waals surface area contributed by atoms with Crippen molar-refractivity contribution in [1.82, 2.24) is 4.90 Å². The Bertz CT molecular complexity index is 978. The van der Waals surface area contributed by atoms with Crippen molar-refractivity contribution in [3.8, 4) is 5.75 Å². The fourth-order valence-electron chi connectivity index (χ4n) is 2.73. The highest BCUT2D eigenvalue weighted by molar-refractivity contribution is 9.11. The molecule has 0 unspecified atom stereocenters. The summed E-state index contributed by atoms with van der Waals surface area (Å²) < 4.78 is 21.0. The molecule has 0 saturated carbocycles. The van der Waals surface area contributed by atoms with Crippen LogP contribution in [0.25, 0.3) is 6.08 Å². The van der Waals surface area contributed by atoms with Crippen molar-refractivity contribution in [3.63, 3.8) is 0 Å². The third-order valence-corrected chi connectivity index (χ3v) is 6.56. The van der Waals surface area contributed by atoms with E-state index in [0.717, 1.165) is 20.1 Å². The Balaban J connectivity index is 1.80. The summed E-state index contributed by atoms with van der Waals surface area (Å²) in [4.78, 5) is 15.0. The van der Waals surface area contributed by atoms with E-state index in [4.69, 9.17) is 17.0 Å². The topological polar surface area (TPSA) is 29.5 Å². The van der Waals surface area contributed by atoms with Crippen molar-refractivity contribution in [1.29, 1.82) is 0 Å². The summed E-state index contributed by atoms with van der Waals surface area (Å²) in [5.74, 6) is 0.266. The van der Waals surface area contributed by atoms with Crippen LogP contribution in [0, 0.1) is 5.82 Å². The molecule has 2 aromatic carbocycles. The van der Waals surface area contributed by atoms with Crippen molar-refractivity contribution in [2.45, 2.75) is 32.9 Å². The van der Waals surface area contributed by atoms with E-state index in [9.17, 15) is 9.18 Å². The number of thioether (sulfide) groups is 1. The fourth-order valence-corrected chi connectivity index (χ4v) is 5.82. The minimum Gasteiger partial charge on any atom is -0.487 e. The fraction of sp³-hybridized carbons (Fsp3) is 0.238. The molecule has 0 atom stereocenters. The average molecular weight is 559 g/mol. The number of halogens is 3. The lowest BCUT2D eigenvalue weighted by Gasteiger charge is -2.30. The number of benzene rings is 2. The highest BCUT2D eigenvalue weighted by Gasteiger charge is 2.39. The van der Waals surface area contributed by atoms with Gasteiger partial charge in [-0.25, -0.2) is 4.39 Å². The molecule has 1 amide bonds. The molecule has 0 N–H and O–H groups in total. The van der Waals surface area contributed by atoms with Crippen molar-refractivity contribution in [3.05, 3.63) is 67.2 Å². The van der Waals surface area contributed by atoms with Gasteiger partial charge in [-0.2, -0.15) is 0 Å². The van der Waals surface area contributed by atoms with Crippen LogP contribution in [0.15, 0.2) is 50.2 Å². The van der Waals surface area contributed by atoms with E-state index in [2.05, 4.69) is 31.9 Å². The number of carbonyl (C=O) groups excluding carboxylic acids is 1. The maximum atomic E-state index is 13.0. The molecule has 29 heavy (non-hydrogen) atoms. The van der Waals surface area contributed by atoms with E-state index >= 15 is 0 Å². The first-order chi connectivity index (χ1) is 13.6. The molecule has 0 bridgehead atoms. The Morgan fingerprint density at radius 3 is 2.28 bits per heavy atom. The molecule has 1 fully saturated rings. The van der Waals surface area contributed by atoms with Gasteiger partial charge in [-0.15, -0.1) is 0 Å². The second-order valence-corrected chi connectivity index (χ2v) is 10.8. The Morgan fingerprint density at radius 2 is 1.76 bits per heavy atom. The van der Waals surface area contributed by atoms with Gasteiger partial charge < -0.3 is 4.74 Å². The Labute approximate surface area is 195 Å². The highest BCUT2D eigenvalue weighted by Crippen LogP contribution is 2.39. The van der Waals surface area contributed by atoms with Crippen LogP contribution in [0.3, 0.4) is 0 Å². The minimum atomic E-state index is -0.365. The number of ether oxygens (including phenoxy) is 1. The Morgan fingerprint density at radius 1 is 1.17 bits per heavy atom. The number of hydrogen-bond acceptors (Lipinski definition) is 4. The summed E-state index contributed by atoms with van der Waals surface area (Å²) >= 11 is 13.8. The predicted molar refractivity (Wildman–Crippen MR) is 127 cm³/mol. The summed E-state index contributed by atoms with van der Waals surface area (Å²) in [5.41, 5.74) is 1.34. The van der Waals surface area contributed by atoms with Gasteiger partial charge in [-0.3, -0.25) is 9.69 Å². The van der Waals surface area contributed by atoms with E-state index in [1.54, 1.807) is 17.0 Å². The van der Waals surface area contributed by atoms with Crippen molar-refractivity contribution in [2.24, 2.45) is 0 Å². The van der Waals surface area contributed by atoms with Crippen molar-refractivity contribution < 1.29 is 13.9 Å². The first kappa shape index (κ1) is 22.5. The second kappa shape index (κ2) is 8.88. The lowest BCUT2D eigenvalue weighted by atomic mass is 10.1. The van der Waals surface area contributed by atoms with Gasteiger partial charge in [0.2, 0.25) is 0 Å². The summed E-state index contributed by atoms with van der Waals surface area (Å²) in [6.07, 6.45) is 1.82. The number of amides is 1. The lowest BCUT2D eigenvalue weighted by molar-refractivity contribution is -0.125. The van der Waals surface area contributed by atoms with Gasteiger partial charge in [0.15, 0.2) is 0 Å². The molecule has 0 spiro atoms. The molecule has 2 aromatic rings. The lowest BCUT2D eigenvalue weighted by Crippen LogP contribution is -2.44. The van der Waals surface area contributed by atoms with E-state index in [-0.39, 0.29) is 17.3 Å². The predicted octanol–water partition coefficient (Wildman–Crippen LogP) is 6.93. The van der Waals surface area contributed by atoms with Crippen LogP contribution in [-0.4, -0.2) is 20.7 Å². The number of hydrogen-bond donors (Lipinski definition) is 0. The number of nitrogens with zero attached hydrogens (tertiary/aromatic N) is 1. The Kier molecular flexibility index (Phi) is 6.88. The van der Waals surface area contributed by atoms with Gasteiger partial charge in [0.25, 0.3) is 5.91 Å². The van der Waals surface area contributed by atoms with Crippen LogP contribution in [0.1, 0.15) is 31.9 Å². The quantitative estimate of drug-likeness (QED) is 0.300.